The maximum Gasteiger partial charge on any atom is 0.331 e. The summed E-state index contributed by atoms with van der Waals surface area (Å²) >= 11 is 0. The van der Waals surface area contributed by atoms with Crippen LogP contribution in [0.1, 0.15) is 85.5 Å². The van der Waals surface area contributed by atoms with Crippen LogP contribution in [-0.2, 0) is 33.3 Å². The molecule has 7 bridgehead atoms. The monoisotopic (exact) mass is 788 g/mol. The predicted octanol–water partition coefficient (Wildman–Crippen LogP) is 7.60. The Morgan fingerprint density at radius 3 is 2.35 bits per heavy atom. The Morgan fingerprint density at radius 2 is 1.53 bits per heavy atom. The van der Waals surface area contributed by atoms with Gasteiger partial charge in [-0.3, -0.25) is 4.79 Å². The largest absolute Gasteiger partial charge is 0.481 e. The summed E-state index contributed by atoms with van der Waals surface area (Å²) in [5.41, 5.74) is 0.955. The van der Waals surface area contributed by atoms with Gasteiger partial charge in [-0.25, -0.2) is 4.79 Å². The molecule has 0 aromatic carbocycles. The highest BCUT2D eigenvalue weighted by Crippen LogP contribution is 2.38. The predicted molar refractivity (Wildman–Crippen MR) is 220 cm³/mol. The van der Waals surface area contributed by atoms with Crippen LogP contribution >= 0.6 is 0 Å². The van der Waals surface area contributed by atoms with E-state index in [2.05, 4.69) is 57.2 Å². The van der Waals surface area contributed by atoms with Crippen molar-refractivity contribution in [2.24, 2.45) is 17.8 Å². The van der Waals surface area contributed by atoms with Gasteiger partial charge in [-0.05, 0) is 63.0 Å². The summed E-state index contributed by atoms with van der Waals surface area (Å²) in [6, 6.07) is 0. The third-order valence-electron chi connectivity index (χ3n) is 11.4. The normalized spacial score (nSPS) is 38.9. The number of carboxylic acids is 1. The lowest BCUT2D eigenvalue weighted by Crippen LogP contribution is -2.42. The molecule has 14 atom stereocenters. The number of unbranched alkanes of at least 4 members (excludes halogenated alkanes) is 1. The standard InChI is InChI=1S/C47H64O10/c1-31(17-14-15-23-44(49)50)29-33(3)47-41-28-26-35(53-47)18-10-6-5-7-11-19-36(48)46(52)40-27-25-32(2)37(54-40)21-16-22-38-34(4)42-30-43(55-38)39(56-42)20-12-8-9-13-24-45(51)57-41/h6,8-13,16,19-20,22,24-29,31-32,34-43,46-48,52H,5,7,14-15,17-18,21,23,30H2,1-4H3,(H,49,50)/b9-8+,10-6?,19-11?,20-12?,22-16+,24-13-,33-29+/t31-,32+,34-,35-,36-,37-,38-,39+,40+,41-,42-,43+,46+,47+/m0/s1. The van der Waals surface area contributed by atoms with Crippen LogP contribution in [0.5, 0.6) is 0 Å². The summed E-state index contributed by atoms with van der Waals surface area (Å²) < 4.78 is 31.6. The fraction of sp³-hybridized carbons (Fsp3) is 0.574. The summed E-state index contributed by atoms with van der Waals surface area (Å²) in [6.07, 6.45) is 33.9. The summed E-state index contributed by atoms with van der Waals surface area (Å²) in [5.74, 6) is -0.724. The minimum atomic E-state index is -1.09. The number of carboxylic acid groups (broad SMARTS) is 1. The van der Waals surface area contributed by atoms with E-state index in [9.17, 15) is 19.8 Å². The van der Waals surface area contributed by atoms with E-state index < -0.39 is 42.5 Å². The Kier molecular flexibility index (Phi) is 17.5. The lowest BCUT2D eigenvalue weighted by Gasteiger charge is -2.34. The molecular formula is C47H64O10. The molecule has 0 aliphatic carbocycles. The molecule has 6 aliphatic rings. The first-order valence-electron chi connectivity index (χ1n) is 20.9. The fourth-order valence-electron chi connectivity index (χ4n) is 8.01. The van der Waals surface area contributed by atoms with E-state index in [0.29, 0.717) is 25.7 Å². The van der Waals surface area contributed by atoms with Gasteiger partial charge in [0.15, 0.2) is 6.10 Å². The molecule has 0 unspecified atom stereocenters. The first-order chi connectivity index (χ1) is 27.5. The minimum absolute atomic E-state index is 0.0611. The molecule has 0 aromatic rings. The topological polar surface area (TPSA) is 141 Å². The Hall–Kier alpha value is -3.64. The molecule has 10 heteroatoms. The van der Waals surface area contributed by atoms with Gasteiger partial charge in [0, 0.05) is 30.8 Å². The quantitative estimate of drug-likeness (QED) is 0.134. The van der Waals surface area contributed by atoms with Gasteiger partial charge in [-0.1, -0.05) is 118 Å². The molecule has 6 heterocycles. The van der Waals surface area contributed by atoms with Crippen LogP contribution in [0.3, 0.4) is 0 Å². The zero-order valence-electron chi connectivity index (χ0n) is 34.0. The minimum Gasteiger partial charge on any atom is -0.481 e. The second-order valence-electron chi connectivity index (χ2n) is 16.2. The van der Waals surface area contributed by atoms with Crippen LogP contribution in [0, 0.1) is 17.8 Å². The van der Waals surface area contributed by atoms with Crippen molar-refractivity contribution < 1.29 is 48.6 Å². The van der Waals surface area contributed by atoms with Crippen LogP contribution in [0.4, 0.5) is 0 Å². The summed E-state index contributed by atoms with van der Waals surface area (Å²) in [4.78, 5) is 23.9. The number of hydrogen-bond acceptors (Lipinski definition) is 9. The smallest absolute Gasteiger partial charge is 0.331 e. The Labute approximate surface area is 339 Å². The van der Waals surface area contributed by atoms with Crippen molar-refractivity contribution in [1.82, 2.24) is 0 Å². The van der Waals surface area contributed by atoms with Crippen molar-refractivity contribution >= 4 is 11.9 Å². The van der Waals surface area contributed by atoms with E-state index in [-0.39, 0.29) is 60.8 Å². The number of fused-ring (bicyclic) bond motifs is 13. The number of ether oxygens (including phenoxy) is 5. The molecule has 6 aliphatic heterocycles. The van der Waals surface area contributed by atoms with E-state index in [1.54, 1.807) is 18.2 Å². The number of esters is 1. The van der Waals surface area contributed by atoms with E-state index in [1.807, 2.05) is 49.5 Å². The van der Waals surface area contributed by atoms with Crippen LogP contribution in [-0.4, -0.2) is 94.4 Å². The lowest BCUT2D eigenvalue weighted by atomic mass is 9.90. The zero-order chi connectivity index (χ0) is 40.7. The van der Waals surface area contributed by atoms with E-state index in [0.717, 1.165) is 31.3 Å². The Balaban J connectivity index is 1.28. The van der Waals surface area contributed by atoms with Crippen LogP contribution in [0.25, 0.3) is 0 Å². The number of rotatable bonds is 7. The molecule has 10 nitrogen and oxygen atoms in total. The van der Waals surface area contributed by atoms with Gasteiger partial charge in [0.05, 0.1) is 30.5 Å². The van der Waals surface area contributed by atoms with Crippen molar-refractivity contribution in [2.45, 2.75) is 153 Å². The van der Waals surface area contributed by atoms with E-state index >= 15 is 0 Å². The second-order valence-corrected chi connectivity index (χ2v) is 16.2. The zero-order valence-corrected chi connectivity index (χ0v) is 34.0. The third kappa shape index (κ3) is 13.7. The number of aliphatic hydroxyl groups is 2. The van der Waals surface area contributed by atoms with Gasteiger partial charge < -0.3 is 39.0 Å². The van der Waals surface area contributed by atoms with Crippen LogP contribution in [0.2, 0.25) is 0 Å². The SMILES string of the molecule is C/C(=C\[C@@H](C)CCCCC(=O)O)[C@H]1O[C@@H]2C=C[C@@H]1OC(=O)/C=C\C=C\C=C[C@H]1O[C@H]3C[C@H]1O[C@@H](/C=C/C[C@@H]1O[C@H](C=C[C@H]1C)[C@H](O)[C@@H](O)C=CCCC=CC2)[C@@H]3C. The van der Waals surface area contributed by atoms with Gasteiger partial charge in [0.1, 0.15) is 30.5 Å². The van der Waals surface area contributed by atoms with Crippen molar-refractivity contribution in [3.63, 3.8) is 0 Å². The molecule has 0 aromatic heterocycles. The van der Waals surface area contributed by atoms with E-state index in [1.165, 1.54) is 6.08 Å². The maximum absolute atomic E-state index is 13.0. The fourth-order valence-corrected chi connectivity index (χ4v) is 8.01. The van der Waals surface area contributed by atoms with E-state index in [4.69, 9.17) is 28.8 Å². The lowest BCUT2D eigenvalue weighted by molar-refractivity contribution is -0.148. The highest BCUT2D eigenvalue weighted by atomic mass is 16.6. The average Bonchev–Trinajstić information content (AvgIpc) is 3.53. The number of hydrogen-bond donors (Lipinski definition) is 3. The van der Waals surface area contributed by atoms with Gasteiger partial charge in [0.25, 0.3) is 0 Å². The highest BCUT2D eigenvalue weighted by Gasteiger charge is 2.45. The van der Waals surface area contributed by atoms with Crippen LogP contribution in [0.15, 0.2) is 109 Å². The number of carbonyl (C=O) groups excluding carboxylic acids is 1. The number of allylic oxidation sites excluding steroid dienone is 7. The van der Waals surface area contributed by atoms with Gasteiger partial charge >= 0.3 is 11.9 Å². The Morgan fingerprint density at radius 1 is 0.772 bits per heavy atom. The molecule has 0 radical (unpaired) electrons. The molecule has 3 N–H and O–H groups in total. The van der Waals surface area contributed by atoms with Crippen molar-refractivity contribution in [3.8, 4) is 0 Å². The molecular weight excluding hydrogens is 725 g/mol. The molecule has 6 rings (SSSR count). The third-order valence-corrected chi connectivity index (χ3v) is 11.4. The highest BCUT2D eigenvalue weighted by molar-refractivity contribution is 5.82. The molecule has 57 heavy (non-hydrogen) atoms. The molecule has 2 fully saturated rings. The summed E-state index contributed by atoms with van der Waals surface area (Å²) in [6.45, 7) is 8.34. The Bertz CT molecular complexity index is 1580. The van der Waals surface area contributed by atoms with Crippen molar-refractivity contribution in [3.05, 3.63) is 109 Å². The van der Waals surface area contributed by atoms with Gasteiger partial charge in [0.2, 0.25) is 0 Å². The summed E-state index contributed by atoms with van der Waals surface area (Å²) in [7, 11) is 0. The number of aliphatic carboxylic acids is 1. The van der Waals surface area contributed by atoms with Gasteiger partial charge in [-0.2, -0.15) is 0 Å². The van der Waals surface area contributed by atoms with Gasteiger partial charge in [-0.15, -0.1) is 0 Å². The molecule has 0 amide bonds. The first kappa shape index (κ1) is 44.5. The number of aliphatic hydroxyl groups excluding tert-OH is 2. The van der Waals surface area contributed by atoms with Crippen LogP contribution < -0.4 is 0 Å². The van der Waals surface area contributed by atoms with Crippen molar-refractivity contribution in [2.75, 3.05) is 0 Å². The molecule has 0 spiro atoms. The van der Waals surface area contributed by atoms with Crippen molar-refractivity contribution in [1.29, 1.82) is 0 Å². The number of carbonyl (C=O) groups is 2. The second kappa shape index (κ2) is 22.5. The molecule has 2 saturated heterocycles. The summed E-state index contributed by atoms with van der Waals surface area (Å²) in [5, 5.41) is 30.8. The molecule has 0 saturated carbocycles. The maximum atomic E-state index is 13.0. The average molecular weight is 789 g/mol. The molecule has 312 valence electrons. The first-order valence-corrected chi connectivity index (χ1v) is 20.9.